The number of aromatic nitrogens is 5. The molecule has 0 saturated carbocycles. The molecule has 2 saturated heterocycles. The van der Waals surface area contributed by atoms with Crippen LogP contribution in [0.2, 0.25) is 0 Å². The van der Waals surface area contributed by atoms with Crippen LogP contribution in [0.3, 0.4) is 0 Å². The largest absolute Gasteiger partial charge is 0.356 e. The second-order valence-corrected chi connectivity index (χ2v) is 9.82. The third kappa shape index (κ3) is 5.57. The molecule has 196 valence electrons. The molecule has 0 spiro atoms. The molecule has 37 heavy (non-hydrogen) atoms. The Morgan fingerprint density at radius 2 is 1.62 bits per heavy atom. The Morgan fingerprint density at radius 1 is 0.946 bits per heavy atom. The summed E-state index contributed by atoms with van der Waals surface area (Å²) in [6.07, 6.45) is 5.93. The minimum Gasteiger partial charge on any atom is -0.356 e. The molecular weight excluding hydrogens is 472 g/mol. The van der Waals surface area contributed by atoms with Crippen molar-refractivity contribution in [1.29, 1.82) is 0 Å². The minimum atomic E-state index is -0.204. The first kappa shape index (κ1) is 24.7. The molecule has 3 aromatic rings. The Balaban J connectivity index is 1.36. The van der Waals surface area contributed by atoms with Crippen molar-refractivity contribution in [2.24, 2.45) is 0 Å². The lowest BCUT2D eigenvalue weighted by Crippen LogP contribution is -2.51. The number of nitrogens with one attached hydrogen (secondary N) is 2. The minimum absolute atomic E-state index is 0.0308. The Labute approximate surface area is 216 Å². The van der Waals surface area contributed by atoms with Crippen molar-refractivity contribution in [3.05, 3.63) is 24.5 Å². The first-order valence-electron chi connectivity index (χ1n) is 12.9. The summed E-state index contributed by atoms with van der Waals surface area (Å²) in [5, 5.41) is 11.4. The smallest absolute Gasteiger partial charge is 0.242 e. The van der Waals surface area contributed by atoms with Gasteiger partial charge in [-0.05, 0) is 26.7 Å². The van der Waals surface area contributed by atoms with E-state index in [9.17, 15) is 9.59 Å². The molecule has 0 aliphatic carbocycles. The number of carbonyl (C=O) groups excluding carboxylic acids is 2. The topological polar surface area (TPSA) is 124 Å². The van der Waals surface area contributed by atoms with Crippen LogP contribution in [0.25, 0.3) is 10.9 Å². The van der Waals surface area contributed by atoms with E-state index in [-0.39, 0.29) is 24.4 Å². The van der Waals surface area contributed by atoms with Gasteiger partial charge in [0.05, 0.1) is 18.3 Å². The van der Waals surface area contributed by atoms with Crippen molar-refractivity contribution in [1.82, 2.24) is 34.9 Å². The third-order valence-electron chi connectivity index (χ3n) is 6.78. The fraction of sp³-hybridized carbons (Fsp3) is 0.520. The number of amides is 2. The highest BCUT2D eigenvalue weighted by atomic mass is 16.2. The van der Waals surface area contributed by atoms with Gasteiger partial charge in [-0.3, -0.25) is 14.3 Å². The van der Waals surface area contributed by atoms with Crippen LogP contribution >= 0.6 is 0 Å². The fourth-order valence-corrected chi connectivity index (χ4v) is 4.78. The average Bonchev–Trinajstić information content (AvgIpc) is 3.57. The van der Waals surface area contributed by atoms with Gasteiger partial charge in [-0.2, -0.15) is 15.1 Å². The predicted octanol–water partition coefficient (Wildman–Crippen LogP) is 1.93. The number of fused-ring (bicyclic) bond motifs is 1. The van der Waals surface area contributed by atoms with Crippen LogP contribution in [0.4, 0.5) is 23.4 Å². The van der Waals surface area contributed by atoms with Crippen LogP contribution in [-0.2, 0) is 9.59 Å². The second-order valence-electron chi connectivity index (χ2n) is 9.82. The molecule has 3 aromatic heterocycles. The van der Waals surface area contributed by atoms with E-state index in [0.717, 1.165) is 48.5 Å². The molecule has 2 N–H and O–H groups in total. The van der Waals surface area contributed by atoms with Gasteiger partial charge in [-0.25, -0.2) is 4.98 Å². The number of hydrogen-bond donors (Lipinski definition) is 2. The number of anilines is 4. The van der Waals surface area contributed by atoms with E-state index in [4.69, 9.17) is 9.97 Å². The number of carbonyl (C=O) groups is 2. The van der Waals surface area contributed by atoms with Crippen molar-refractivity contribution >= 4 is 46.1 Å². The van der Waals surface area contributed by atoms with Gasteiger partial charge in [0.25, 0.3) is 0 Å². The molecule has 0 atom stereocenters. The Bertz CT molecular complexity index is 1280. The van der Waals surface area contributed by atoms with Gasteiger partial charge in [-0.15, -0.1) is 0 Å². The number of hydrogen-bond acceptors (Lipinski definition) is 9. The molecule has 12 heteroatoms. The molecular formula is C25H34N10O2. The highest BCUT2D eigenvalue weighted by Crippen LogP contribution is 2.27. The third-order valence-corrected chi connectivity index (χ3v) is 6.78. The zero-order chi connectivity index (χ0) is 25.9. The quantitative estimate of drug-likeness (QED) is 0.495. The van der Waals surface area contributed by atoms with E-state index in [2.05, 4.69) is 44.4 Å². The maximum atomic E-state index is 12.4. The van der Waals surface area contributed by atoms with E-state index in [1.807, 2.05) is 29.2 Å². The molecule has 2 fully saturated rings. The van der Waals surface area contributed by atoms with Crippen LogP contribution in [-0.4, -0.2) is 87.3 Å². The number of rotatable bonds is 7. The fourth-order valence-electron chi connectivity index (χ4n) is 4.78. The zero-order valence-electron chi connectivity index (χ0n) is 21.6. The van der Waals surface area contributed by atoms with Gasteiger partial charge >= 0.3 is 0 Å². The van der Waals surface area contributed by atoms with Crippen LogP contribution in [0.5, 0.6) is 0 Å². The van der Waals surface area contributed by atoms with Gasteiger partial charge in [0.2, 0.25) is 17.8 Å². The van der Waals surface area contributed by atoms with Gasteiger partial charge < -0.3 is 25.3 Å². The second kappa shape index (κ2) is 10.6. The molecule has 12 nitrogen and oxygen atoms in total. The molecule has 0 bridgehead atoms. The Kier molecular flexibility index (Phi) is 7.06. The summed E-state index contributed by atoms with van der Waals surface area (Å²) in [5.74, 6) is 2.59. The molecule has 2 aliphatic rings. The summed E-state index contributed by atoms with van der Waals surface area (Å²) in [6, 6.07) is 4.25. The summed E-state index contributed by atoms with van der Waals surface area (Å²) in [7, 11) is 0. The maximum absolute atomic E-state index is 12.4. The monoisotopic (exact) mass is 506 g/mol. The molecule has 0 radical (unpaired) electrons. The normalized spacial score (nSPS) is 16.1. The molecule has 2 aliphatic heterocycles. The zero-order valence-corrected chi connectivity index (χ0v) is 21.6. The van der Waals surface area contributed by atoms with E-state index in [1.165, 1.54) is 6.92 Å². The Morgan fingerprint density at radius 3 is 2.27 bits per heavy atom. The van der Waals surface area contributed by atoms with E-state index in [0.29, 0.717) is 37.9 Å². The molecule has 0 aromatic carbocycles. The molecule has 5 heterocycles. The highest BCUT2D eigenvalue weighted by Gasteiger charge is 2.24. The van der Waals surface area contributed by atoms with Crippen molar-refractivity contribution in [3.63, 3.8) is 0 Å². The van der Waals surface area contributed by atoms with Gasteiger partial charge in [0, 0.05) is 75.9 Å². The van der Waals surface area contributed by atoms with E-state index in [1.54, 1.807) is 4.90 Å². The predicted molar refractivity (Wildman–Crippen MR) is 142 cm³/mol. The standard InChI is InChI=1S/C25H34N10O2/c1-17(2)35-20-12-21(27-14-19(20)15-28-35)29-25-30-22(32-6-4-5-7-32)13-23(31-25)33-8-10-34(11-9-33)24(37)16-26-18(3)36/h12-15,17H,4-11,16H2,1-3H3,(H,26,36)(H,27,29,30,31). The van der Waals surface area contributed by atoms with Gasteiger partial charge in [0.15, 0.2) is 0 Å². The molecule has 2 amide bonds. The van der Waals surface area contributed by atoms with Crippen LogP contribution in [0.1, 0.15) is 39.7 Å². The number of pyridine rings is 1. The van der Waals surface area contributed by atoms with Crippen LogP contribution in [0, 0.1) is 0 Å². The first-order valence-corrected chi connectivity index (χ1v) is 12.9. The summed E-state index contributed by atoms with van der Waals surface area (Å²) >= 11 is 0. The molecule has 0 unspecified atom stereocenters. The lowest BCUT2D eigenvalue weighted by molar-refractivity contribution is -0.132. The van der Waals surface area contributed by atoms with Crippen molar-refractivity contribution in [2.45, 2.75) is 39.7 Å². The van der Waals surface area contributed by atoms with Crippen LogP contribution in [0.15, 0.2) is 24.5 Å². The SMILES string of the molecule is CC(=O)NCC(=O)N1CCN(c2cc(N3CCCC3)nc(Nc3cc4c(cn3)cnn4C(C)C)n2)CC1. The maximum Gasteiger partial charge on any atom is 0.242 e. The van der Waals surface area contributed by atoms with E-state index < -0.39 is 0 Å². The number of nitrogens with zero attached hydrogens (tertiary/aromatic N) is 8. The lowest BCUT2D eigenvalue weighted by Gasteiger charge is -2.35. The van der Waals surface area contributed by atoms with Gasteiger partial charge in [-0.1, -0.05) is 0 Å². The van der Waals surface area contributed by atoms with Crippen molar-refractivity contribution in [3.8, 4) is 0 Å². The lowest BCUT2D eigenvalue weighted by atomic mass is 10.3. The Hall–Kier alpha value is -3.96. The molecule has 5 rings (SSSR count). The van der Waals surface area contributed by atoms with Crippen molar-refractivity contribution in [2.75, 3.05) is 60.9 Å². The highest BCUT2D eigenvalue weighted by molar-refractivity contribution is 5.84. The summed E-state index contributed by atoms with van der Waals surface area (Å²) in [6.45, 7) is 10.0. The van der Waals surface area contributed by atoms with Crippen LogP contribution < -0.4 is 20.4 Å². The van der Waals surface area contributed by atoms with Gasteiger partial charge in [0.1, 0.15) is 17.5 Å². The summed E-state index contributed by atoms with van der Waals surface area (Å²) < 4.78 is 1.97. The first-order chi connectivity index (χ1) is 17.9. The summed E-state index contributed by atoms with van der Waals surface area (Å²) in [4.78, 5) is 44.0. The van der Waals surface area contributed by atoms with E-state index >= 15 is 0 Å². The summed E-state index contributed by atoms with van der Waals surface area (Å²) in [5.41, 5.74) is 1.00. The van der Waals surface area contributed by atoms with Crippen molar-refractivity contribution < 1.29 is 9.59 Å². The average molecular weight is 507 g/mol. The number of piperazine rings is 1.